The van der Waals surface area contributed by atoms with Gasteiger partial charge >= 0.3 is 0 Å². The van der Waals surface area contributed by atoms with Gasteiger partial charge in [-0.3, -0.25) is 10.8 Å². The molecule has 0 saturated carbocycles. The van der Waals surface area contributed by atoms with E-state index in [9.17, 15) is 0 Å². The average molecular weight is 430 g/mol. The van der Waals surface area contributed by atoms with Crippen molar-refractivity contribution >= 4 is 69.9 Å². The molecule has 0 amide bonds. The second-order valence-electron chi connectivity index (χ2n) is 7.62. The number of hydrogen-bond donors (Lipinski definition) is 12. The summed E-state index contributed by atoms with van der Waals surface area (Å²) in [5.41, 5.74) is 41.9. The van der Waals surface area contributed by atoms with Crippen molar-refractivity contribution in [3.63, 3.8) is 0 Å². The van der Waals surface area contributed by atoms with Gasteiger partial charge in [0.05, 0.1) is 79.0 Å². The van der Waals surface area contributed by atoms with Crippen molar-refractivity contribution in [2.24, 2.45) is 0 Å². The lowest BCUT2D eigenvalue weighted by atomic mass is 10.1. The summed E-state index contributed by atoms with van der Waals surface area (Å²) in [6.45, 7) is 0. The topological polar surface area (TPSA) is 263 Å². The lowest BCUT2D eigenvalue weighted by molar-refractivity contribution is 1.13. The molecule has 12 heteroatoms. The molecule has 18 N–H and O–H groups in total. The summed E-state index contributed by atoms with van der Waals surface area (Å²) in [7, 11) is 0. The Morgan fingerprint density at radius 2 is 0.812 bits per heavy atom. The van der Waals surface area contributed by atoms with Crippen LogP contribution in [0, 0.1) is 10.8 Å². The molecule has 0 radical (unpaired) electrons. The van der Waals surface area contributed by atoms with Gasteiger partial charge in [0, 0.05) is 0 Å². The van der Waals surface area contributed by atoms with E-state index in [4.69, 9.17) is 45.2 Å². The fraction of sp³-hybridized carbons (Fsp3) is 0. The molecule has 8 bridgehead atoms. The summed E-state index contributed by atoms with van der Waals surface area (Å²) in [5.74, 6) is 0. The molecule has 32 heavy (non-hydrogen) atoms. The van der Waals surface area contributed by atoms with Crippen molar-refractivity contribution in [3.8, 4) is 0 Å². The Morgan fingerprint density at radius 3 is 1.19 bits per heavy atom. The predicted molar refractivity (Wildman–Crippen MR) is 130 cm³/mol. The zero-order valence-electron chi connectivity index (χ0n) is 16.8. The van der Waals surface area contributed by atoms with Crippen LogP contribution in [0.15, 0.2) is 11.4 Å². The Kier molecular flexibility index (Phi) is 3.71. The van der Waals surface area contributed by atoms with Crippen LogP contribution in [0.1, 0.15) is 22.8 Å². The highest BCUT2D eigenvalue weighted by Gasteiger charge is 2.26. The van der Waals surface area contributed by atoms with Crippen LogP contribution < -0.4 is 50.4 Å². The molecule has 0 aromatic carbocycles. The van der Waals surface area contributed by atoms with Gasteiger partial charge in [-0.15, -0.1) is 0 Å². The van der Waals surface area contributed by atoms with E-state index in [-0.39, 0.29) is 11.4 Å². The van der Waals surface area contributed by atoms with Gasteiger partial charge in [-0.25, -0.2) is 0 Å². The van der Waals surface area contributed by atoms with E-state index in [0.717, 1.165) is 0 Å². The number of aromatic nitrogens is 3. The van der Waals surface area contributed by atoms with E-state index in [2.05, 4.69) is 20.3 Å². The van der Waals surface area contributed by atoms with Crippen molar-refractivity contribution in [2.45, 2.75) is 0 Å². The van der Waals surface area contributed by atoms with Gasteiger partial charge in [-0.05, 0) is 24.3 Å². The number of aromatic amines is 3. The van der Waals surface area contributed by atoms with Crippen LogP contribution in [0.25, 0.3) is 24.3 Å². The molecule has 12 nitrogen and oxygen atoms in total. The minimum atomic E-state index is -0.00541. The van der Waals surface area contributed by atoms with Crippen molar-refractivity contribution in [1.82, 2.24) is 20.3 Å². The van der Waals surface area contributed by atoms with Crippen LogP contribution >= 0.6 is 0 Å². The van der Waals surface area contributed by atoms with Crippen LogP contribution in [0.5, 0.6) is 0 Å². The molecular weight excluding hydrogens is 408 g/mol. The number of anilines is 6. The van der Waals surface area contributed by atoms with Crippen LogP contribution in [0.4, 0.5) is 34.1 Å². The summed E-state index contributed by atoms with van der Waals surface area (Å²) in [6, 6.07) is 0. The number of fused-ring (bicyclic) bond motifs is 8. The van der Waals surface area contributed by atoms with Crippen LogP contribution in [-0.4, -0.2) is 26.4 Å². The molecule has 5 heterocycles. The number of H-pyrrole nitrogens is 3. The minimum absolute atomic E-state index is 0.00541. The highest BCUT2D eigenvalue weighted by molar-refractivity contribution is 6.55. The summed E-state index contributed by atoms with van der Waals surface area (Å²) in [4.78, 5) is 9.43. The smallest absolute Gasteiger partial charge is 0.105 e. The number of allylic oxidation sites excluding steroid dienone is 2. The molecule has 5 rings (SSSR count). The van der Waals surface area contributed by atoms with Crippen molar-refractivity contribution in [2.75, 3.05) is 34.4 Å². The first-order chi connectivity index (χ1) is 15.2. The Hall–Kier alpha value is -5.00. The number of nitrogens with two attached hydrogens (primary N) is 6. The zero-order valence-corrected chi connectivity index (χ0v) is 16.8. The Balaban J connectivity index is 1.87. The third-order valence-electron chi connectivity index (χ3n) is 5.63. The third kappa shape index (κ3) is 2.56. The van der Waals surface area contributed by atoms with Gasteiger partial charge in [-0.1, -0.05) is 0 Å². The molecule has 0 atom stereocenters. The molecule has 1 fully saturated rings. The lowest BCUT2D eigenvalue weighted by Gasteiger charge is -2.00. The van der Waals surface area contributed by atoms with E-state index >= 15 is 0 Å². The minimum Gasteiger partial charge on any atom is -0.395 e. The van der Waals surface area contributed by atoms with Gasteiger partial charge in [-0.2, -0.15) is 0 Å². The number of nitrogens with one attached hydrogen (secondary N) is 6. The molecule has 162 valence electrons. The van der Waals surface area contributed by atoms with E-state index in [1.54, 1.807) is 24.3 Å². The third-order valence-corrected chi connectivity index (χ3v) is 5.63. The van der Waals surface area contributed by atoms with Gasteiger partial charge in [0.1, 0.15) is 11.4 Å². The summed E-state index contributed by atoms with van der Waals surface area (Å²) in [6.07, 6.45) is 6.63. The molecule has 3 aromatic rings. The second-order valence-corrected chi connectivity index (χ2v) is 7.62. The maximum absolute atomic E-state index is 8.32. The van der Waals surface area contributed by atoms with Gasteiger partial charge in [0.2, 0.25) is 0 Å². The van der Waals surface area contributed by atoms with Crippen molar-refractivity contribution < 1.29 is 0 Å². The molecule has 2 aliphatic rings. The Labute approximate surface area is 180 Å². The van der Waals surface area contributed by atoms with Crippen LogP contribution in [-0.2, 0) is 0 Å². The fourth-order valence-electron chi connectivity index (χ4n) is 3.73. The highest BCUT2D eigenvalue weighted by atomic mass is 15.0. The zero-order chi connectivity index (χ0) is 22.9. The SMILES string of the molecule is N=C1C(=N)C2=Cc3[nH]c(c(N)c3N)C=c3[nH]c(c(N)c3N)=Cc3[nH]c(c(N)c3N)C=C1N2. The monoisotopic (exact) mass is 430 g/mol. The highest BCUT2D eigenvalue weighted by Crippen LogP contribution is 2.30. The maximum atomic E-state index is 8.32. The summed E-state index contributed by atoms with van der Waals surface area (Å²) in [5, 5.41) is 20.7. The molecule has 0 aliphatic carbocycles. The first kappa shape index (κ1) is 19.0. The Morgan fingerprint density at radius 1 is 0.469 bits per heavy atom. The first-order valence-corrected chi connectivity index (χ1v) is 9.54. The van der Waals surface area contributed by atoms with E-state index in [0.29, 0.717) is 79.0 Å². The predicted octanol–water partition coefficient (Wildman–Crippen LogP) is -0.840. The number of nitrogen functional groups attached to an aromatic ring is 6. The maximum Gasteiger partial charge on any atom is 0.105 e. The normalized spacial score (nSPS) is 15.0. The van der Waals surface area contributed by atoms with Crippen LogP contribution in [0.3, 0.4) is 0 Å². The van der Waals surface area contributed by atoms with Crippen LogP contribution in [0.2, 0.25) is 0 Å². The molecule has 0 spiro atoms. The average Bonchev–Trinajstić information content (AvgIpc) is 3.37. The van der Waals surface area contributed by atoms with E-state index in [1.807, 2.05) is 0 Å². The number of hydrogen-bond acceptors (Lipinski definition) is 9. The number of rotatable bonds is 0. The molecule has 1 saturated heterocycles. The van der Waals surface area contributed by atoms with Gasteiger partial charge in [0.15, 0.2) is 0 Å². The van der Waals surface area contributed by atoms with E-state index in [1.165, 1.54) is 0 Å². The quantitative estimate of drug-likeness (QED) is 0.215. The second kappa shape index (κ2) is 6.25. The largest absolute Gasteiger partial charge is 0.395 e. The van der Waals surface area contributed by atoms with Gasteiger partial charge < -0.3 is 54.7 Å². The molecule has 2 aliphatic heterocycles. The summed E-state index contributed by atoms with van der Waals surface area (Å²) < 4.78 is 0. The Bertz CT molecular complexity index is 1420. The molecule has 0 unspecified atom stereocenters. The van der Waals surface area contributed by atoms with E-state index < -0.39 is 0 Å². The molecular formula is C20H22N12. The van der Waals surface area contributed by atoms with Crippen molar-refractivity contribution in [1.29, 1.82) is 10.8 Å². The first-order valence-electron chi connectivity index (χ1n) is 9.54. The van der Waals surface area contributed by atoms with Crippen molar-refractivity contribution in [3.05, 3.63) is 44.9 Å². The summed E-state index contributed by atoms with van der Waals surface area (Å²) >= 11 is 0. The fourth-order valence-corrected chi connectivity index (χ4v) is 3.73. The standard InChI is InChI=1S/C20H22N12/c21-13-5-1-6-14(22)16(24)8(30-6)3-10-18(26)20(28)12(32-10)4-11-19(27)17(25)9(31-11)2-7(29-5)15(13)23/h1-4,21,23,29-32H,22,24-28H2. The lowest BCUT2D eigenvalue weighted by Crippen LogP contribution is -2.13. The molecule has 3 aromatic heterocycles. The van der Waals surface area contributed by atoms with Gasteiger partial charge in [0.25, 0.3) is 0 Å².